The third-order valence-corrected chi connectivity index (χ3v) is 5.58. The van der Waals surface area contributed by atoms with E-state index >= 15 is 0 Å². The van der Waals surface area contributed by atoms with Crippen LogP contribution in [0, 0.1) is 5.92 Å². The number of amides is 1. The average molecular weight is 477 g/mol. The lowest BCUT2D eigenvalue weighted by Crippen LogP contribution is -2.41. The highest BCUT2D eigenvalue weighted by atomic mass is 16.5. The number of hydrogen-bond donors (Lipinski definition) is 3. The van der Waals surface area contributed by atoms with Gasteiger partial charge < -0.3 is 25.2 Å². The van der Waals surface area contributed by atoms with Crippen molar-refractivity contribution < 1.29 is 19.4 Å². The van der Waals surface area contributed by atoms with E-state index in [-0.39, 0.29) is 30.2 Å². The molecule has 0 saturated heterocycles. The van der Waals surface area contributed by atoms with Crippen LogP contribution in [0.1, 0.15) is 24.3 Å². The molecule has 3 N–H and O–H groups in total. The Morgan fingerprint density at radius 2 is 1.91 bits per heavy atom. The van der Waals surface area contributed by atoms with Crippen molar-refractivity contribution >= 4 is 23.1 Å². The number of fused-ring (bicyclic) bond motifs is 1. The maximum atomic E-state index is 12.6. The molecular weight excluding hydrogens is 448 g/mol. The third kappa shape index (κ3) is 5.33. The summed E-state index contributed by atoms with van der Waals surface area (Å²) in [5.74, 6) is 1.79. The molecule has 4 rings (SSSR count). The molecule has 1 amide bonds. The summed E-state index contributed by atoms with van der Waals surface area (Å²) >= 11 is 0. The predicted molar refractivity (Wildman–Crippen MR) is 132 cm³/mol. The number of pyridine rings is 3. The largest absolute Gasteiger partial charge is 0.491 e. The number of aliphatic hydroxyl groups excluding tert-OH is 1. The molecule has 0 fully saturated rings. The Morgan fingerprint density at radius 3 is 2.63 bits per heavy atom. The van der Waals surface area contributed by atoms with Gasteiger partial charge >= 0.3 is 0 Å². The van der Waals surface area contributed by atoms with Gasteiger partial charge in [-0.15, -0.1) is 0 Å². The van der Waals surface area contributed by atoms with E-state index in [1.807, 2.05) is 44.3 Å². The highest BCUT2D eigenvalue weighted by Crippen LogP contribution is 2.30. The summed E-state index contributed by atoms with van der Waals surface area (Å²) in [5, 5.41) is 20.0. The van der Waals surface area contributed by atoms with Crippen LogP contribution < -0.4 is 20.1 Å². The average Bonchev–Trinajstić information content (AvgIpc) is 3.27. The molecule has 0 radical (unpaired) electrons. The molecule has 4 heterocycles. The van der Waals surface area contributed by atoms with Crippen molar-refractivity contribution in [2.24, 2.45) is 5.92 Å². The molecule has 0 saturated carbocycles. The fourth-order valence-corrected chi connectivity index (χ4v) is 3.55. The van der Waals surface area contributed by atoms with Gasteiger partial charge in [-0.3, -0.25) is 4.79 Å². The molecular formula is C25H28N6O4. The van der Waals surface area contributed by atoms with E-state index in [1.165, 1.54) is 0 Å². The Labute approximate surface area is 202 Å². The number of carbonyl (C=O) groups excluding carboxylic acids is 1. The molecule has 1 unspecified atom stereocenters. The second kappa shape index (κ2) is 10.4. The summed E-state index contributed by atoms with van der Waals surface area (Å²) in [6.07, 6.45) is 3.58. The molecule has 0 aromatic carbocycles. The number of rotatable bonds is 9. The number of hydrogen-bond acceptors (Lipinski definition) is 8. The van der Waals surface area contributed by atoms with Crippen LogP contribution in [0.2, 0.25) is 0 Å². The summed E-state index contributed by atoms with van der Waals surface area (Å²) in [7, 11) is 3.12. The van der Waals surface area contributed by atoms with E-state index in [4.69, 9.17) is 9.47 Å². The molecule has 182 valence electrons. The van der Waals surface area contributed by atoms with E-state index in [0.717, 1.165) is 16.6 Å². The third-order valence-electron chi connectivity index (χ3n) is 5.58. The van der Waals surface area contributed by atoms with Crippen molar-refractivity contribution in [3.8, 4) is 22.8 Å². The van der Waals surface area contributed by atoms with Gasteiger partial charge in [-0.25, -0.2) is 14.5 Å². The maximum absolute atomic E-state index is 12.6. The van der Waals surface area contributed by atoms with Crippen molar-refractivity contribution in [2.45, 2.75) is 19.9 Å². The zero-order valence-electron chi connectivity index (χ0n) is 20.0. The molecule has 0 spiro atoms. The molecule has 10 nitrogen and oxygen atoms in total. The Kier molecular flexibility index (Phi) is 7.11. The van der Waals surface area contributed by atoms with Crippen LogP contribution in [-0.2, 0) is 0 Å². The number of methoxy groups -OCH3 is 2. The van der Waals surface area contributed by atoms with E-state index in [2.05, 4.69) is 25.7 Å². The summed E-state index contributed by atoms with van der Waals surface area (Å²) in [5.41, 5.74) is 2.93. The molecule has 0 aliphatic rings. The van der Waals surface area contributed by atoms with Crippen molar-refractivity contribution in [3.63, 3.8) is 0 Å². The lowest BCUT2D eigenvalue weighted by molar-refractivity contribution is 0.0892. The first-order chi connectivity index (χ1) is 16.9. The van der Waals surface area contributed by atoms with Gasteiger partial charge in [0.25, 0.3) is 11.8 Å². The molecule has 1 atom stereocenters. The molecule has 0 bridgehead atoms. The first-order valence-electron chi connectivity index (χ1n) is 11.2. The number of nitrogens with zero attached hydrogens (tertiary/aromatic N) is 4. The zero-order valence-corrected chi connectivity index (χ0v) is 20.0. The second-order valence-corrected chi connectivity index (χ2v) is 8.29. The number of aliphatic hydroxyl groups is 1. The highest BCUT2D eigenvalue weighted by molar-refractivity contribution is 5.93. The van der Waals surface area contributed by atoms with Gasteiger partial charge in [0.15, 0.2) is 11.6 Å². The lowest BCUT2D eigenvalue weighted by Gasteiger charge is -2.19. The predicted octanol–water partition coefficient (Wildman–Crippen LogP) is 3.30. The Morgan fingerprint density at radius 1 is 1.09 bits per heavy atom. The van der Waals surface area contributed by atoms with Gasteiger partial charge in [0.2, 0.25) is 0 Å². The van der Waals surface area contributed by atoms with E-state index in [1.54, 1.807) is 43.1 Å². The lowest BCUT2D eigenvalue weighted by atomic mass is 10.1. The number of anilines is 2. The second-order valence-electron chi connectivity index (χ2n) is 8.29. The van der Waals surface area contributed by atoms with Crippen LogP contribution in [0.15, 0.2) is 54.9 Å². The maximum Gasteiger partial charge on any atom is 0.270 e. The van der Waals surface area contributed by atoms with E-state index in [9.17, 15) is 9.90 Å². The van der Waals surface area contributed by atoms with Crippen molar-refractivity contribution in [3.05, 3.63) is 60.6 Å². The van der Waals surface area contributed by atoms with Crippen molar-refractivity contribution in [2.75, 3.05) is 26.1 Å². The first kappa shape index (κ1) is 24.0. The molecule has 0 aliphatic heterocycles. The smallest absolute Gasteiger partial charge is 0.270 e. The normalized spacial score (nSPS) is 11.9. The first-order valence-corrected chi connectivity index (χ1v) is 11.2. The quantitative estimate of drug-likeness (QED) is 0.336. The molecule has 10 heteroatoms. The SMILES string of the molecule is COc1cc(-c2ccn3nc(Nc4cccc(C(=O)NC(CO)C(C)C)n4)cc3c2)cnc1OC. The van der Waals surface area contributed by atoms with E-state index < -0.39 is 0 Å². The summed E-state index contributed by atoms with van der Waals surface area (Å²) in [6, 6.07) is 12.5. The minimum atomic E-state index is -0.343. The summed E-state index contributed by atoms with van der Waals surface area (Å²) < 4.78 is 12.3. The van der Waals surface area contributed by atoms with Crippen LogP contribution >= 0.6 is 0 Å². The Balaban J connectivity index is 1.54. The van der Waals surface area contributed by atoms with Crippen LogP contribution in [-0.4, -0.2) is 57.5 Å². The van der Waals surface area contributed by atoms with Crippen molar-refractivity contribution in [1.29, 1.82) is 0 Å². The molecule has 35 heavy (non-hydrogen) atoms. The van der Waals surface area contributed by atoms with E-state index in [0.29, 0.717) is 23.3 Å². The van der Waals surface area contributed by atoms with Crippen LogP contribution in [0.5, 0.6) is 11.6 Å². The monoisotopic (exact) mass is 476 g/mol. The van der Waals surface area contributed by atoms with Gasteiger partial charge in [0, 0.05) is 24.0 Å². The molecule has 0 aliphatic carbocycles. The topological polar surface area (TPSA) is 123 Å². The summed E-state index contributed by atoms with van der Waals surface area (Å²) in [4.78, 5) is 21.3. The molecule has 4 aromatic heterocycles. The van der Waals surface area contributed by atoms with Crippen LogP contribution in [0.4, 0.5) is 11.6 Å². The number of nitrogens with one attached hydrogen (secondary N) is 2. The Hall–Kier alpha value is -4.18. The van der Waals surface area contributed by atoms with Gasteiger partial charge in [-0.1, -0.05) is 19.9 Å². The number of carbonyl (C=O) groups is 1. The minimum Gasteiger partial charge on any atom is -0.491 e. The van der Waals surface area contributed by atoms with Gasteiger partial charge in [0.1, 0.15) is 11.5 Å². The summed E-state index contributed by atoms with van der Waals surface area (Å²) in [6.45, 7) is 3.73. The van der Waals surface area contributed by atoms with Crippen LogP contribution in [0.25, 0.3) is 16.6 Å². The van der Waals surface area contributed by atoms with Gasteiger partial charge in [0.05, 0.1) is 32.4 Å². The fraction of sp³-hybridized carbons (Fsp3) is 0.280. The number of ether oxygens (including phenoxy) is 2. The Bertz CT molecular complexity index is 1340. The highest BCUT2D eigenvalue weighted by Gasteiger charge is 2.17. The van der Waals surface area contributed by atoms with Crippen LogP contribution in [0.3, 0.4) is 0 Å². The minimum absolute atomic E-state index is 0.0999. The number of aromatic nitrogens is 4. The zero-order chi connectivity index (χ0) is 24.9. The standard InChI is InChI=1S/C25H28N6O4/c1-15(2)20(14-32)28-24(33)19-6-5-7-22(27-19)29-23-12-18-10-16(8-9-31(18)30-23)17-11-21(34-3)25(35-4)26-13-17/h5-13,15,20,32H,14H2,1-4H3,(H,28,33)(H,27,29,30). The van der Waals surface area contributed by atoms with Crippen molar-refractivity contribution in [1.82, 2.24) is 24.9 Å². The van der Waals surface area contributed by atoms with Gasteiger partial charge in [-0.2, -0.15) is 5.10 Å². The fourth-order valence-electron chi connectivity index (χ4n) is 3.55. The van der Waals surface area contributed by atoms with Gasteiger partial charge in [-0.05, 0) is 41.8 Å². The molecule has 4 aromatic rings.